The minimum absolute atomic E-state index is 0.211. The lowest BCUT2D eigenvalue weighted by atomic mass is 10.0. The summed E-state index contributed by atoms with van der Waals surface area (Å²) in [6.07, 6.45) is 2.39. The van der Waals surface area contributed by atoms with Gasteiger partial charge in [-0.3, -0.25) is 4.79 Å². The fraction of sp³-hybridized carbons (Fsp3) is 0.250. The molecule has 0 spiro atoms. The van der Waals surface area contributed by atoms with Crippen molar-refractivity contribution in [3.8, 4) is 11.5 Å². The molecule has 1 unspecified atom stereocenters. The molecule has 3 rings (SSSR count). The van der Waals surface area contributed by atoms with Crippen LogP contribution in [-0.4, -0.2) is 25.4 Å². The molecular formula is C20H20FNO3S. The van der Waals surface area contributed by atoms with Crippen molar-refractivity contribution in [2.24, 2.45) is 0 Å². The summed E-state index contributed by atoms with van der Waals surface area (Å²) in [6.45, 7) is 3.96. The molecule has 1 N–H and O–H groups in total. The summed E-state index contributed by atoms with van der Waals surface area (Å²) in [5.41, 5.74) is 1.29. The molecule has 0 radical (unpaired) electrons. The molecule has 2 aromatic rings. The molecule has 1 amide bonds. The molecule has 1 aliphatic rings. The Morgan fingerprint density at radius 3 is 2.96 bits per heavy atom. The highest BCUT2D eigenvalue weighted by molar-refractivity contribution is 7.99. The molecule has 2 aromatic carbocycles. The zero-order valence-electron chi connectivity index (χ0n) is 14.5. The largest absolute Gasteiger partial charge is 0.493 e. The molecule has 0 fully saturated rings. The number of fused-ring (bicyclic) bond motifs is 1. The Labute approximate surface area is 156 Å². The van der Waals surface area contributed by atoms with Crippen LogP contribution < -0.4 is 14.8 Å². The van der Waals surface area contributed by atoms with Gasteiger partial charge < -0.3 is 14.8 Å². The summed E-state index contributed by atoms with van der Waals surface area (Å²) in [5, 5.41) is 3.00. The van der Waals surface area contributed by atoms with Crippen molar-refractivity contribution in [1.82, 2.24) is 5.32 Å². The second-order valence-corrected chi connectivity index (χ2v) is 6.95. The van der Waals surface area contributed by atoms with Gasteiger partial charge in [0.05, 0.1) is 13.2 Å². The van der Waals surface area contributed by atoms with E-state index in [9.17, 15) is 9.18 Å². The van der Waals surface area contributed by atoms with Gasteiger partial charge in [0.25, 0.3) is 5.91 Å². The molecule has 26 heavy (non-hydrogen) atoms. The minimum Gasteiger partial charge on any atom is -0.493 e. The lowest BCUT2D eigenvalue weighted by molar-refractivity contribution is 0.0934. The average Bonchev–Trinajstić information content (AvgIpc) is 2.66. The smallest absolute Gasteiger partial charge is 0.251 e. The Balaban J connectivity index is 1.79. The van der Waals surface area contributed by atoms with Crippen LogP contribution in [0.3, 0.4) is 0 Å². The van der Waals surface area contributed by atoms with E-state index in [4.69, 9.17) is 9.47 Å². The van der Waals surface area contributed by atoms with Crippen LogP contribution >= 0.6 is 11.8 Å². The van der Waals surface area contributed by atoms with Gasteiger partial charge in [-0.1, -0.05) is 12.7 Å². The van der Waals surface area contributed by atoms with Crippen molar-refractivity contribution < 1.29 is 18.7 Å². The van der Waals surface area contributed by atoms with Crippen molar-refractivity contribution >= 4 is 17.7 Å². The average molecular weight is 373 g/mol. The van der Waals surface area contributed by atoms with Crippen molar-refractivity contribution in [3.63, 3.8) is 0 Å². The Bertz CT molecular complexity index is 825. The summed E-state index contributed by atoms with van der Waals surface area (Å²) in [7, 11) is 1.52. The molecule has 1 heterocycles. The number of thioether (sulfide) groups is 1. The summed E-state index contributed by atoms with van der Waals surface area (Å²) in [5.74, 6) is 1.37. The Morgan fingerprint density at radius 2 is 2.19 bits per heavy atom. The number of hydrogen-bond donors (Lipinski definition) is 1. The third-order valence-corrected chi connectivity index (χ3v) is 5.22. The van der Waals surface area contributed by atoms with E-state index in [1.807, 2.05) is 0 Å². The highest BCUT2D eigenvalue weighted by Gasteiger charge is 2.23. The zero-order valence-corrected chi connectivity index (χ0v) is 15.3. The first-order chi connectivity index (χ1) is 12.6. The van der Waals surface area contributed by atoms with Gasteiger partial charge in [0.2, 0.25) is 0 Å². The van der Waals surface area contributed by atoms with E-state index < -0.39 is 0 Å². The molecule has 1 aliphatic heterocycles. The standard InChI is InChI=1S/C20H20FNO3S/c1-3-9-25-17-6-4-13(11-18(17)24-2)20(23)22-16-8-10-26-19-7-5-14(21)12-15(16)19/h3-7,11-12,16H,1,8-10H2,2H3,(H,22,23). The zero-order chi connectivity index (χ0) is 18.5. The van der Waals surface area contributed by atoms with Crippen LogP contribution in [-0.2, 0) is 0 Å². The van der Waals surface area contributed by atoms with Crippen molar-refractivity contribution in [2.75, 3.05) is 19.5 Å². The first-order valence-corrected chi connectivity index (χ1v) is 9.25. The van der Waals surface area contributed by atoms with Crippen LogP contribution in [0.1, 0.15) is 28.4 Å². The van der Waals surface area contributed by atoms with Gasteiger partial charge in [-0.25, -0.2) is 4.39 Å². The highest BCUT2D eigenvalue weighted by Crippen LogP contribution is 2.37. The number of rotatable bonds is 6. The second kappa shape index (κ2) is 8.27. The topological polar surface area (TPSA) is 47.6 Å². The maximum absolute atomic E-state index is 13.6. The van der Waals surface area contributed by atoms with Crippen LogP contribution in [0.4, 0.5) is 4.39 Å². The summed E-state index contributed by atoms with van der Waals surface area (Å²) in [6, 6.07) is 9.52. The van der Waals surface area contributed by atoms with Crippen molar-refractivity contribution in [1.29, 1.82) is 0 Å². The number of nitrogens with one attached hydrogen (secondary N) is 1. The minimum atomic E-state index is -0.295. The van der Waals surface area contributed by atoms with Gasteiger partial charge in [-0.05, 0) is 48.4 Å². The maximum atomic E-state index is 13.6. The predicted octanol–water partition coefficient (Wildman–Crippen LogP) is 4.37. The van der Waals surface area contributed by atoms with Crippen LogP contribution in [0, 0.1) is 5.82 Å². The number of amides is 1. The van der Waals surface area contributed by atoms with Gasteiger partial charge in [0.1, 0.15) is 12.4 Å². The van der Waals surface area contributed by atoms with E-state index in [2.05, 4.69) is 11.9 Å². The number of halogens is 1. The van der Waals surface area contributed by atoms with E-state index in [1.165, 1.54) is 19.2 Å². The van der Waals surface area contributed by atoms with Crippen molar-refractivity contribution in [2.45, 2.75) is 17.4 Å². The fourth-order valence-corrected chi connectivity index (χ4v) is 3.94. The van der Waals surface area contributed by atoms with Crippen LogP contribution in [0.25, 0.3) is 0 Å². The van der Waals surface area contributed by atoms with Crippen LogP contribution in [0.2, 0.25) is 0 Å². The molecule has 0 bridgehead atoms. The van der Waals surface area contributed by atoms with Crippen LogP contribution in [0.5, 0.6) is 11.5 Å². The van der Waals surface area contributed by atoms with Gasteiger partial charge >= 0.3 is 0 Å². The number of carbonyl (C=O) groups is 1. The summed E-state index contributed by atoms with van der Waals surface area (Å²) in [4.78, 5) is 13.7. The third kappa shape index (κ3) is 4.02. The molecule has 136 valence electrons. The first-order valence-electron chi connectivity index (χ1n) is 8.27. The molecular weight excluding hydrogens is 353 g/mol. The number of benzene rings is 2. The maximum Gasteiger partial charge on any atom is 0.251 e. The van der Waals surface area contributed by atoms with E-state index in [1.54, 1.807) is 42.1 Å². The van der Waals surface area contributed by atoms with Gasteiger partial charge in [0, 0.05) is 16.2 Å². The third-order valence-electron chi connectivity index (χ3n) is 4.10. The molecule has 6 heteroatoms. The number of methoxy groups -OCH3 is 1. The lowest BCUT2D eigenvalue weighted by Crippen LogP contribution is -2.30. The Morgan fingerprint density at radius 1 is 1.35 bits per heavy atom. The quantitative estimate of drug-likeness (QED) is 0.764. The fourth-order valence-electron chi connectivity index (χ4n) is 2.83. The lowest BCUT2D eigenvalue weighted by Gasteiger charge is -2.26. The molecule has 0 saturated heterocycles. The van der Waals surface area contributed by atoms with Crippen molar-refractivity contribution in [3.05, 3.63) is 66.0 Å². The Hall–Kier alpha value is -2.47. The Kier molecular flexibility index (Phi) is 5.83. The number of ether oxygens (including phenoxy) is 2. The SMILES string of the molecule is C=CCOc1ccc(C(=O)NC2CCSc3ccc(F)cc32)cc1OC. The normalized spacial score (nSPS) is 15.7. The monoisotopic (exact) mass is 373 g/mol. The summed E-state index contributed by atoms with van der Waals surface area (Å²) < 4.78 is 24.4. The summed E-state index contributed by atoms with van der Waals surface area (Å²) >= 11 is 1.68. The van der Waals surface area contributed by atoms with E-state index in [0.29, 0.717) is 23.7 Å². The highest BCUT2D eigenvalue weighted by atomic mass is 32.2. The molecule has 0 saturated carbocycles. The van der Waals surface area contributed by atoms with Gasteiger partial charge in [0.15, 0.2) is 11.5 Å². The van der Waals surface area contributed by atoms with Gasteiger partial charge in [-0.15, -0.1) is 11.8 Å². The number of hydrogen-bond acceptors (Lipinski definition) is 4. The molecule has 1 atom stereocenters. The van der Waals surface area contributed by atoms with E-state index in [0.717, 1.165) is 22.6 Å². The van der Waals surface area contributed by atoms with E-state index >= 15 is 0 Å². The van der Waals surface area contributed by atoms with Crippen LogP contribution in [0.15, 0.2) is 53.9 Å². The second-order valence-electron chi connectivity index (χ2n) is 5.81. The predicted molar refractivity (Wildman–Crippen MR) is 101 cm³/mol. The van der Waals surface area contributed by atoms with E-state index in [-0.39, 0.29) is 17.8 Å². The number of carbonyl (C=O) groups excluding carboxylic acids is 1. The molecule has 4 nitrogen and oxygen atoms in total. The molecule has 0 aromatic heterocycles. The first kappa shape index (κ1) is 18.3. The van der Waals surface area contributed by atoms with Gasteiger partial charge in [-0.2, -0.15) is 0 Å². The molecule has 0 aliphatic carbocycles.